The number of fused-ring (bicyclic) bond motifs is 1. The summed E-state index contributed by atoms with van der Waals surface area (Å²) in [5.74, 6) is 0. The van der Waals surface area contributed by atoms with Crippen LogP contribution >= 0.6 is 0 Å². The van der Waals surface area contributed by atoms with E-state index in [2.05, 4.69) is 47.8 Å². The third-order valence-corrected chi connectivity index (χ3v) is 4.12. The van der Waals surface area contributed by atoms with Crippen LogP contribution in [0.4, 0.5) is 0 Å². The van der Waals surface area contributed by atoms with Gasteiger partial charge in [0.2, 0.25) is 0 Å². The molecule has 1 aliphatic carbocycles. The highest BCUT2D eigenvalue weighted by Gasteiger charge is 2.22. The number of hydrogen-bond acceptors (Lipinski definition) is 2. The van der Waals surface area contributed by atoms with Gasteiger partial charge in [0.05, 0.1) is 6.10 Å². The summed E-state index contributed by atoms with van der Waals surface area (Å²) in [4.78, 5) is 0. The lowest BCUT2D eigenvalue weighted by molar-refractivity contribution is 0.153. The van der Waals surface area contributed by atoms with Crippen molar-refractivity contribution in [2.24, 2.45) is 0 Å². The fourth-order valence-corrected chi connectivity index (χ4v) is 2.97. The highest BCUT2D eigenvalue weighted by Crippen LogP contribution is 2.28. The molecule has 2 aromatic rings. The predicted molar refractivity (Wildman–Crippen MR) is 81.4 cm³/mol. The number of aliphatic hydroxyl groups excluding tert-OH is 1. The largest absolute Gasteiger partial charge is 0.388 e. The molecule has 0 saturated heterocycles. The van der Waals surface area contributed by atoms with Crippen molar-refractivity contribution in [3.8, 4) is 0 Å². The minimum absolute atomic E-state index is 0.345. The van der Waals surface area contributed by atoms with Gasteiger partial charge in [-0.05, 0) is 36.0 Å². The molecular weight excluding hydrogens is 246 g/mol. The Kier molecular flexibility index (Phi) is 4.14. The molecule has 0 aromatic heterocycles. The second-order valence-electron chi connectivity index (χ2n) is 5.55. The normalized spacial score (nSPS) is 22.1. The molecule has 0 amide bonds. The van der Waals surface area contributed by atoms with E-state index in [0.29, 0.717) is 6.04 Å². The van der Waals surface area contributed by atoms with E-state index < -0.39 is 0 Å². The Morgan fingerprint density at radius 3 is 2.60 bits per heavy atom. The Morgan fingerprint density at radius 1 is 1.00 bits per heavy atom. The Bertz CT molecular complexity index is 552. The lowest BCUT2D eigenvalue weighted by Crippen LogP contribution is -2.29. The predicted octanol–water partition coefficient (Wildman–Crippen LogP) is 3.21. The lowest BCUT2D eigenvalue weighted by Gasteiger charge is -2.18. The highest BCUT2D eigenvalue weighted by atomic mass is 16.3. The minimum atomic E-state index is -0.345. The molecule has 2 nitrogen and oxygen atoms in total. The van der Waals surface area contributed by atoms with Crippen LogP contribution in [0.2, 0.25) is 0 Å². The molecule has 1 aliphatic rings. The van der Waals surface area contributed by atoms with Gasteiger partial charge in [0.15, 0.2) is 0 Å². The molecule has 2 N–H and O–H groups in total. The van der Waals surface area contributed by atoms with E-state index in [1.165, 1.54) is 11.1 Å². The van der Waals surface area contributed by atoms with Crippen molar-refractivity contribution in [1.29, 1.82) is 0 Å². The average molecular weight is 267 g/mol. The Labute approximate surface area is 120 Å². The Hall–Kier alpha value is -1.64. The molecular formula is C18H21NO. The second-order valence-corrected chi connectivity index (χ2v) is 5.55. The Balaban J connectivity index is 1.63. The van der Waals surface area contributed by atoms with E-state index in [1.54, 1.807) is 0 Å². The third-order valence-electron chi connectivity index (χ3n) is 4.12. The van der Waals surface area contributed by atoms with E-state index in [9.17, 15) is 5.11 Å². The van der Waals surface area contributed by atoms with Crippen LogP contribution in [0.15, 0.2) is 54.6 Å². The molecule has 2 unspecified atom stereocenters. The van der Waals surface area contributed by atoms with Crippen LogP contribution < -0.4 is 5.32 Å². The van der Waals surface area contributed by atoms with Gasteiger partial charge < -0.3 is 10.4 Å². The molecule has 104 valence electrons. The summed E-state index contributed by atoms with van der Waals surface area (Å²) in [6.07, 6.45) is 2.58. The van der Waals surface area contributed by atoms with Crippen molar-refractivity contribution in [3.63, 3.8) is 0 Å². The number of aliphatic hydroxyl groups is 1. The zero-order valence-electron chi connectivity index (χ0n) is 11.6. The number of nitrogens with one attached hydrogen (secondary N) is 1. The number of hydrogen-bond donors (Lipinski definition) is 2. The molecule has 2 heteroatoms. The zero-order chi connectivity index (χ0) is 13.8. The van der Waals surface area contributed by atoms with Crippen LogP contribution in [-0.4, -0.2) is 11.1 Å². The maximum atomic E-state index is 10.4. The summed E-state index contributed by atoms with van der Waals surface area (Å²) < 4.78 is 0. The molecule has 2 aromatic carbocycles. The molecule has 0 bridgehead atoms. The van der Waals surface area contributed by atoms with E-state index >= 15 is 0 Å². The van der Waals surface area contributed by atoms with Gasteiger partial charge in [0.25, 0.3) is 0 Å². The quantitative estimate of drug-likeness (QED) is 0.837. The van der Waals surface area contributed by atoms with E-state index in [0.717, 1.165) is 31.4 Å². The van der Waals surface area contributed by atoms with Crippen LogP contribution in [0, 0.1) is 0 Å². The van der Waals surface area contributed by atoms with Crippen molar-refractivity contribution in [3.05, 3.63) is 71.3 Å². The van der Waals surface area contributed by atoms with Gasteiger partial charge in [-0.3, -0.25) is 0 Å². The first-order chi connectivity index (χ1) is 9.83. The first-order valence-corrected chi connectivity index (χ1v) is 7.36. The molecule has 0 fully saturated rings. The Morgan fingerprint density at radius 2 is 1.75 bits per heavy atom. The zero-order valence-corrected chi connectivity index (χ0v) is 11.6. The van der Waals surface area contributed by atoms with Crippen LogP contribution in [0.25, 0.3) is 0 Å². The maximum Gasteiger partial charge on any atom is 0.0807 e. The smallest absolute Gasteiger partial charge is 0.0807 e. The summed E-state index contributed by atoms with van der Waals surface area (Å²) in [6.45, 7) is 0.870. The number of aryl methyl sites for hydroxylation is 1. The fourth-order valence-electron chi connectivity index (χ4n) is 2.97. The van der Waals surface area contributed by atoms with Gasteiger partial charge in [-0.1, -0.05) is 54.6 Å². The summed E-state index contributed by atoms with van der Waals surface area (Å²) >= 11 is 0. The summed E-state index contributed by atoms with van der Waals surface area (Å²) in [6, 6.07) is 19.1. The van der Waals surface area contributed by atoms with E-state index in [-0.39, 0.29) is 6.10 Å². The molecule has 20 heavy (non-hydrogen) atoms. The molecule has 0 saturated carbocycles. The topological polar surface area (TPSA) is 32.3 Å². The van der Waals surface area contributed by atoms with Crippen molar-refractivity contribution in [2.75, 3.05) is 0 Å². The third kappa shape index (κ3) is 3.09. The van der Waals surface area contributed by atoms with Crippen molar-refractivity contribution in [2.45, 2.75) is 38.0 Å². The standard InChI is InChI=1S/C18H21NO/c20-18-12-16(19-13-14-6-2-1-3-7-14)11-10-15-8-4-5-9-17(15)18/h1-9,16,18-20H,10-13H2. The first kappa shape index (κ1) is 13.3. The maximum absolute atomic E-state index is 10.4. The van der Waals surface area contributed by atoms with E-state index in [1.807, 2.05) is 12.1 Å². The lowest BCUT2D eigenvalue weighted by atomic mass is 10.0. The van der Waals surface area contributed by atoms with Gasteiger partial charge in [0, 0.05) is 12.6 Å². The van der Waals surface area contributed by atoms with Gasteiger partial charge in [-0.25, -0.2) is 0 Å². The summed E-state index contributed by atoms with van der Waals surface area (Å²) in [5.41, 5.74) is 3.70. The number of benzene rings is 2. The summed E-state index contributed by atoms with van der Waals surface area (Å²) in [5, 5.41) is 14.0. The molecule has 0 spiro atoms. The van der Waals surface area contributed by atoms with Crippen LogP contribution in [0.1, 0.15) is 35.6 Å². The van der Waals surface area contributed by atoms with E-state index in [4.69, 9.17) is 0 Å². The molecule has 0 heterocycles. The monoisotopic (exact) mass is 267 g/mol. The van der Waals surface area contributed by atoms with Gasteiger partial charge in [-0.2, -0.15) is 0 Å². The van der Waals surface area contributed by atoms with Crippen molar-refractivity contribution >= 4 is 0 Å². The van der Waals surface area contributed by atoms with Gasteiger partial charge in [-0.15, -0.1) is 0 Å². The SMILES string of the molecule is OC1CC(NCc2ccccc2)CCc2ccccc21. The van der Waals surface area contributed by atoms with Gasteiger partial charge >= 0.3 is 0 Å². The number of rotatable bonds is 3. The highest BCUT2D eigenvalue weighted by molar-refractivity contribution is 5.30. The summed E-state index contributed by atoms with van der Waals surface area (Å²) in [7, 11) is 0. The van der Waals surface area contributed by atoms with Crippen LogP contribution in [-0.2, 0) is 13.0 Å². The van der Waals surface area contributed by atoms with Gasteiger partial charge in [0.1, 0.15) is 0 Å². The van der Waals surface area contributed by atoms with Crippen LogP contribution in [0.3, 0.4) is 0 Å². The van der Waals surface area contributed by atoms with Crippen molar-refractivity contribution < 1.29 is 5.11 Å². The average Bonchev–Trinajstić information content (AvgIpc) is 2.66. The molecule has 0 radical (unpaired) electrons. The van der Waals surface area contributed by atoms with Crippen LogP contribution in [0.5, 0.6) is 0 Å². The first-order valence-electron chi connectivity index (χ1n) is 7.36. The fraction of sp³-hybridized carbons (Fsp3) is 0.333. The molecule has 2 atom stereocenters. The molecule has 0 aliphatic heterocycles. The second kappa shape index (κ2) is 6.21. The molecule has 3 rings (SSSR count). The van der Waals surface area contributed by atoms with Crippen molar-refractivity contribution in [1.82, 2.24) is 5.32 Å². The minimum Gasteiger partial charge on any atom is -0.388 e.